The fourth-order valence-corrected chi connectivity index (χ4v) is 3.50. The number of sulfonamides is 1. The highest BCUT2D eigenvalue weighted by Gasteiger charge is 2.29. The minimum atomic E-state index is -4.27. The van der Waals surface area contributed by atoms with Crippen molar-refractivity contribution in [3.63, 3.8) is 0 Å². The van der Waals surface area contributed by atoms with Gasteiger partial charge >= 0.3 is 5.00 Å². The summed E-state index contributed by atoms with van der Waals surface area (Å²) in [5.74, 6) is 0. The van der Waals surface area contributed by atoms with Crippen molar-refractivity contribution < 1.29 is 22.1 Å². The van der Waals surface area contributed by atoms with Crippen LogP contribution < -0.4 is 9.86 Å². The molecule has 4 N–H and O–H groups in total. The molecule has 0 amide bonds. The molecule has 0 aromatic carbocycles. The fraction of sp³-hybridized carbons (Fsp3) is 0.200. The van der Waals surface area contributed by atoms with Gasteiger partial charge in [-0.05, 0) is 0 Å². The molecule has 12 heteroatoms. The summed E-state index contributed by atoms with van der Waals surface area (Å²) in [6.45, 7) is -0.320. The first kappa shape index (κ1) is 14.1. The summed E-state index contributed by atoms with van der Waals surface area (Å²) >= 11 is -1.77. The maximum Gasteiger partial charge on any atom is 0.344 e. The molecule has 1 unspecified atom stereocenters. The Balaban J connectivity index is 3.24. The molecule has 0 radical (unpaired) electrons. The largest absolute Gasteiger partial charge is 0.344 e. The van der Waals surface area contributed by atoms with E-state index in [9.17, 15) is 22.7 Å². The van der Waals surface area contributed by atoms with Crippen LogP contribution in [0, 0.1) is 10.1 Å². The summed E-state index contributed by atoms with van der Waals surface area (Å²) in [4.78, 5) is 9.08. The van der Waals surface area contributed by atoms with Crippen molar-refractivity contribution in [2.45, 2.75) is 11.4 Å². The molecule has 9 nitrogen and oxygen atoms in total. The third kappa shape index (κ3) is 3.52. The van der Waals surface area contributed by atoms with Crippen LogP contribution in [0.1, 0.15) is 5.56 Å². The predicted octanol–water partition coefficient (Wildman–Crippen LogP) is -0.470. The Morgan fingerprint density at radius 1 is 1.65 bits per heavy atom. The van der Waals surface area contributed by atoms with Gasteiger partial charge in [-0.1, -0.05) is 11.3 Å². The summed E-state index contributed by atoms with van der Waals surface area (Å²) < 4.78 is 43.3. The van der Waals surface area contributed by atoms with E-state index in [0.29, 0.717) is 11.3 Å². The normalized spacial score (nSPS) is 13.5. The highest BCUT2D eigenvalue weighted by Crippen LogP contribution is 2.33. The number of hydrogen-bond acceptors (Lipinski definition) is 6. The van der Waals surface area contributed by atoms with Crippen LogP contribution in [0.15, 0.2) is 10.3 Å². The van der Waals surface area contributed by atoms with Crippen LogP contribution in [0.5, 0.6) is 0 Å². The topological polar surface area (TPSA) is 153 Å². The monoisotopic (exact) mass is 301 g/mol. The SMILES string of the molecule is NS(=O)(=O)c1c(CNS(=O)O)csc1[N+](=O)[O-]. The molecule has 1 rings (SSSR count). The van der Waals surface area contributed by atoms with Crippen LogP contribution in [0.2, 0.25) is 0 Å². The standard InChI is InChI=1S/C5H7N3O6S3/c6-17(13,14)4-3(1-7-16(11)12)2-15-5(4)8(9)10/h2,7H,1H2,(H,11,12)(H2,6,13,14). The van der Waals surface area contributed by atoms with Crippen molar-refractivity contribution in [3.05, 3.63) is 21.1 Å². The molecule has 1 atom stereocenters. The van der Waals surface area contributed by atoms with Crippen molar-refractivity contribution in [1.29, 1.82) is 0 Å². The van der Waals surface area contributed by atoms with Crippen molar-refractivity contribution in [3.8, 4) is 0 Å². The van der Waals surface area contributed by atoms with E-state index in [1.54, 1.807) is 0 Å². The minimum Gasteiger partial charge on any atom is -0.294 e. The number of nitrogens with zero attached hydrogens (tertiary/aromatic N) is 1. The minimum absolute atomic E-state index is 0.0217. The van der Waals surface area contributed by atoms with E-state index < -0.39 is 36.1 Å². The molecule has 0 spiro atoms. The van der Waals surface area contributed by atoms with Crippen molar-refractivity contribution in [2.75, 3.05) is 0 Å². The van der Waals surface area contributed by atoms with Crippen LogP contribution in [-0.4, -0.2) is 22.1 Å². The molecule has 1 aromatic rings. The van der Waals surface area contributed by atoms with Gasteiger partial charge in [0.1, 0.15) is 0 Å². The third-order valence-electron chi connectivity index (χ3n) is 1.64. The van der Waals surface area contributed by atoms with E-state index in [1.165, 1.54) is 5.38 Å². The second-order valence-corrected chi connectivity index (χ2v) is 5.91. The molecule has 0 saturated heterocycles. The number of hydrogen-bond donors (Lipinski definition) is 3. The van der Waals surface area contributed by atoms with Crippen LogP contribution in [-0.2, 0) is 27.8 Å². The van der Waals surface area contributed by atoms with E-state index in [1.807, 2.05) is 4.72 Å². The Hall–Kier alpha value is -0.920. The quantitative estimate of drug-likeness (QED) is 0.379. The van der Waals surface area contributed by atoms with E-state index in [-0.39, 0.29) is 12.1 Å². The molecule has 0 bridgehead atoms. The third-order valence-corrected chi connectivity index (χ3v) is 4.16. The lowest BCUT2D eigenvalue weighted by atomic mass is 10.3. The first-order valence-electron chi connectivity index (χ1n) is 3.85. The molecule has 0 saturated carbocycles. The van der Waals surface area contributed by atoms with Crippen LogP contribution in [0.3, 0.4) is 0 Å². The highest BCUT2D eigenvalue weighted by atomic mass is 32.2. The van der Waals surface area contributed by atoms with Gasteiger partial charge in [0.15, 0.2) is 4.90 Å². The molecule has 0 aliphatic carbocycles. The predicted molar refractivity (Wildman–Crippen MR) is 60.0 cm³/mol. The number of nitrogens with one attached hydrogen (secondary N) is 1. The lowest BCUT2D eigenvalue weighted by Gasteiger charge is -2.00. The van der Waals surface area contributed by atoms with Gasteiger partial charge in [-0.2, -0.15) is 0 Å². The molecular formula is C5H7N3O6S3. The van der Waals surface area contributed by atoms with Gasteiger partial charge in [-0.25, -0.2) is 22.5 Å². The first-order valence-corrected chi connectivity index (χ1v) is 7.38. The number of nitrogens with two attached hydrogens (primary N) is 1. The average Bonchev–Trinajstić information content (AvgIpc) is 2.57. The maximum absolute atomic E-state index is 11.2. The zero-order valence-corrected chi connectivity index (χ0v) is 10.5. The van der Waals surface area contributed by atoms with Crippen LogP contribution >= 0.6 is 11.3 Å². The maximum atomic E-state index is 11.2. The average molecular weight is 301 g/mol. The summed E-state index contributed by atoms with van der Waals surface area (Å²) in [6, 6.07) is 0. The van der Waals surface area contributed by atoms with Gasteiger partial charge in [0, 0.05) is 17.5 Å². The molecule has 1 heterocycles. The smallest absolute Gasteiger partial charge is 0.294 e. The zero-order valence-electron chi connectivity index (χ0n) is 8.02. The molecule has 0 aliphatic heterocycles. The second-order valence-electron chi connectivity index (χ2n) is 2.77. The van der Waals surface area contributed by atoms with Gasteiger partial charge in [0.2, 0.25) is 21.3 Å². The molecular weight excluding hydrogens is 294 g/mol. The Bertz CT molecular complexity index is 563. The van der Waals surface area contributed by atoms with Gasteiger partial charge in [-0.3, -0.25) is 14.7 Å². The lowest BCUT2D eigenvalue weighted by Crippen LogP contribution is -2.19. The van der Waals surface area contributed by atoms with Crippen LogP contribution in [0.4, 0.5) is 5.00 Å². The molecule has 96 valence electrons. The van der Waals surface area contributed by atoms with E-state index in [2.05, 4.69) is 0 Å². The highest BCUT2D eigenvalue weighted by molar-refractivity contribution is 7.89. The van der Waals surface area contributed by atoms with E-state index in [4.69, 9.17) is 9.69 Å². The Morgan fingerprint density at radius 3 is 2.65 bits per heavy atom. The van der Waals surface area contributed by atoms with Crippen molar-refractivity contribution >= 4 is 37.6 Å². The van der Waals surface area contributed by atoms with E-state index >= 15 is 0 Å². The molecule has 0 fully saturated rings. The van der Waals surface area contributed by atoms with Gasteiger partial charge in [-0.15, -0.1) is 0 Å². The van der Waals surface area contributed by atoms with Gasteiger partial charge in [0.25, 0.3) is 0 Å². The molecule has 1 aromatic heterocycles. The van der Waals surface area contributed by atoms with Gasteiger partial charge in [0.05, 0.1) is 4.92 Å². The number of nitro groups is 1. The first-order chi connectivity index (χ1) is 7.73. The Morgan fingerprint density at radius 2 is 2.24 bits per heavy atom. The summed E-state index contributed by atoms with van der Waals surface area (Å²) in [7, 11) is -4.27. The van der Waals surface area contributed by atoms with Gasteiger partial charge < -0.3 is 0 Å². The summed E-state index contributed by atoms with van der Waals surface area (Å²) in [6.07, 6.45) is 0. The molecule has 0 aliphatic rings. The second kappa shape index (κ2) is 5.16. The summed E-state index contributed by atoms with van der Waals surface area (Å²) in [5, 5.41) is 16.0. The van der Waals surface area contributed by atoms with Crippen LogP contribution in [0.25, 0.3) is 0 Å². The number of primary sulfonamides is 1. The molecule has 17 heavy (non-hydrogen) atoms. The zero-order chi connectivity index (χ0) is 13.2. The van der Waals surface area contributed by atoms with Crippen molar-refractivity contribution in [1.82, 2.24) is 4.72 Å². The Labute approximate surface area is 102 Å². The Kier molecular flexibility index (Phi) is 4.29. The number of thiophene rings is 1. The lowest BCUT2D eigenvalue weighted by molar-refractivity contribution is -0.383. The van der Waals surface area contributed by atoms with E-state index in [0.717, 1.165) is 0 Å². The number of rotatable bonds is 5. The van der Waals surface area contributed by atoms with Crippen molar-refractivity contribution in [2.24, 2.45) is 5.14 Å². The fourth-order valence-electron chi connectivity index (χ4n) is 1.06. The summed E-state index contributed by atoms with van der Waals surface area (Å²) in [5.41, 5.74) is -0.0217.